The molecular formula is C21H22N2O6. The number of aromatic nitrogens is 1. The standard InChI is InChI=1S/C21H22N2O6/c1-27-10-9-23-18(13-5-4-8-22-12-13)17(20(25)21(23)26)19(24)15-7-6-14(28-2)11-16(15)29-3/h4-8,11-12,18,24H,9-10H2,1-3H3/b19-17-. The van der Waals surface area contributed by atoms with Crippen LogP contribution in [0.2, 0.25) is 0 Å². The molecule has 1 amide bonds. The Morgan fingerprint density at radius 3 is 2.59 bits per heavy atom. The maximum absolute atomic E-state index is 12.9. The van der Waals surface area contributed by atoms with Crippen molar-refractivity contribution in [2.45, 2.75) is 6.04 Å². The summed E-state index contributed by atoms with van der Waals surface area (Å²) in [5, 5.41) is 11.1. The van der Waals surface area contributed by atoms with Gasteiger partial charge in [0.1, 0.15) is 17.3 Å². The van der Waals surface area contributed by atoms with Crippen molar-refractivity contribution in [2.75, 3.05) is 34.5 Å². The Labute approximate surface area is 168 Å². The van der Waals surface area contributed by atoms with Crippen LogP contribution in [0.1, 0.15) is 17.2 Å². The summed E-state index contributed by atoms with van der Waals surface area (Å²) in [5.41, 5.74) is 0.867. The molecule has 0 radical (unpaired) electrons. The number of pyridine rings is 1. The maximum Gasteiger partial charge on any atom is 0.295 e. The minimum atomic E-state index is -0.786. The van der Waals surface area contributed by atoms with Crippen molar-refractivity contribution >= 4 is 17.4 Å². The number of aliphatic hydroxyl groups is 1. The first-order valence-electron chi connectivity index (χ1n) is 8.93. The van der Waals surface area contributed by atoms with Crippen LogP contribution in [0.25, 0.3) is 5.76 Å². The van der Waals surface area contributed by atoms with E-state index in [0.29, 0.717) is 17.1 Å². The molecule has 1 aromatic heterocycles. The van der Waals surface area contributed by atoms with Crippen molar-refractivity contribution in [1.29, 1.82) is 0 Å². The van der Waals surface area contributed by atoms with Gasteiger partial charge in [0.25, 0.3) is 11.7 Å². The molecule has 1 atom stereocenters. The third-order valence-corrected chi connectivity index (χ3v) is 4.74. The van der Waals surface area contributed by atoms with Crippen molar-refractivity contribution in [3.05, 3.63) is 59.4 Å². The van der Waals surface area contributed by atoms with E-state index in [1.807, 2.05) is 0 Å². The zero-order valence-electron chi connectivity index (χ0n) is 16.4. The zero-order valence-corrected chi connectivity index (χ0v) is 16.4. The van der Waals surface area contributed by atoms with Crippen LogP contribution >= 0.6 is 0 Å². The van der Waals surface area contributed by atoms with Gasteiger partial charge in [0.15, 0.2) is 0 Å². The van der Waals surface area contributed by atoms with Crippen LogP contribution in [0.15, 0.2) is 48.3 Å². The van der Waals surface area contributed by atoms with Gasteiger partial charge in [-0.05, 0) is 23.8 Å². The minimum absolute atomic E-state index is 0.0254. The lowest BCUT2D eigenvalue weighted by molar-refractivity contribution is -0.140. The van der Waals surface area contributed by atoms with Crippen LogP contribution in [0.5, 0.6) is 11.5 Å². The molecule has 0 saturated carbocycles. The van der Waals surface area contributed by atoms with Crippen LogP contribution < -0.4 is 9.47 Å². The first-order chi connectivity index (χ1) is 14.0. The zero-order chi connectivity index (χ0) is 21.0. The van der Waals surface area contributed by atoms with Gasteiger partial charge in [-0.1, -0.05) is 6.07 Å². The van der Waals surface area contributed by atoms with E-state index in [1.54, 1.807) is 42.7 Å². The van der Waals surface area contributed by atoms with E-state index in [0.717, 1.165) is 0 Å². The van der Waals surface area contributed by atoms with Gasteiger partial charge < -0.3 is 24.2 Å². The molecule has 1 aliphatic rings. The van der Waals surface area contributed by atoms with E-state index in [9.17, 15) is 14.7 Å². The monoisotopic (exact) mass is 398 g/mol. The average Bonchev–Trinajstić information content (AvgIpc) is 3.02. The van der Waals surface area contributed by atoms with Crippen LogP contribution in [0.3, 0.4) is 0 Å². The highest BCUT2D eigenvalue weighted by Gasteiger charge is 2.46. The molecule has 1 aromatic carbocycles. The molecule has 8 heteroatoms. The fraction of sp³-hybridized carbons (Fsp3) is 0.286. The Bertz CT molecular complexity index is 941. The molecule has 2 aromatic rings. The fourth-order valence-corrected chi connectivity index (χ4v) is 3.32. The highest BCUT2D eigenvalue weighted by molar-refractivity contribution is 6.46. The lowest BCUT2D eigenvalue weighted by atomic mass is 9.96. The lowest BCUT2D eigenvalue weighted by Crippen LogP contribution is -2.32. The van der Waals surface area contributed by atoms with Crippen LogP contribution in [0.4, 0.5) is 0 Å². The molecule has 1 fully saturated rings. The fourth-order valence-electron chi connectivity index (χ4n) is 3.32. The van der Waals surface area contributed by atoms with E-state index in [4.69, 9.17) is 14.2 Å². The number of rotatable bonds is 7. The van der Waals surface area contributed by atoms with Crippen molar-refractivity contribution < 1.29 is 28.9 Å². The summed E-state index contributed by atoms with van der Waals surface area (Å²) in [5.74, 6) is -0.954. The topological polar surface area (TPSA) is 98.2 Å². The maximum atomic E-state index is 12.9. The predicted molar refractivity (Wildman–Crippen MR) is 105 cm³/mol. The molecule has 2 heterocycles. The number of amides is 1. The second kappa shape index (κ2) is 8.74. The predicted octanol–water partition coefficient (Wildman–Crippen LogP) is 2.17. The molecule has 152 valence electrons. The second-order valence-electron chi connectivity index (χ2n) is 6.34. The van der Waals surface area contributed by atoms with E-state index in [1.165, 1.54) is 26.2 Å². The largest absolute Gasteiger partial charge is 0.507 e. The van der Waals surface area contributed by atoms with Crippen molar-refractivity contribution in [1.82, 2.24) is 9.88 Å². The van der Waals surface area contributed by atoms with Gasteiger partial charge >= 0.3 is 0 Å². The van der Waals surface area contributed by atoms with Crippen LogP contribution in [0, 0.1) is 0 Å². The van der Waals surface area contributed by atoms with Gasteiger partial charge in [-0.15, -0.1) is 0 Å². The number of carbonyl (C=O) groups excluding carboxylic acids is 2. The number of ketones is 1. The summed E-state index contributed by atoms with van der Waals surface area (Å²) in [6, 6.07) is 7.48. The van der Waals surface area contributed by atoms with Crippen molar-refractivity contribution in [3.8, 4) is 11.5 Å². The van der Waals surface area contributed by atoms with Crippen molar-refractivity contribution in [3.63, 3.8) is 0 Å². The summed E-state index contributed by atoms with van der Waals surface area (Å²) < 4.78 is 15.6. The lowest BCUT2D eigenvalue weighted by Gasteiger charge is -2.24. The number of carbonyl (C=O) groups is 2. The number of benzene rings is 1. The highest BCUT2D eigenvalue weighted by atomic mass is 16.5. The van der Waals surface area contributed by atoms with E-state index < -0.39 is 17.7 Å². The van der Waals surface area contributed by atoms with E-state index in [2.05, 4.69) is 4.98 Å². The van der Waals surface area contributed by atoms with Gasteiger partial charge in [-0.3, -0.25) is 14.6 Å². The number of nitrogens with zero attached hydrogens (tertiary/aromatic N) is 2. The molecule has 3 rings (SSSR count). The number of likely N-dealkylation sites (tertiary alicyclic amines) is 1. The van der Waals surface area contributed by atoms with Gasteiger partial charge in [-0.25, -0.2) is 0 Å². The summed E-state index contributed by atoms with van der Waals surface area (Å²) in [6.07, 6.45) is 3.16. The van der Waals surface area contributed by atoms with E-state index >= 15 is 0 Å². The Hall–Kier alpha value is -3.39. The third kappa shape index (κ3) is 3.79. The van der Waals surface area contributed by atoms with Crippen LogP contribution in [-0.2, 0) is 14.3 Å². The number of ether oxygens (including phenoxy) is 3. The van der Waals surface area contributed by atoms with Gasteiger partial charge in [0, 0.05) is 32.1 Å². The van der Waals surface area contributed by atoms with Gasteiger partial charge in [0.2, 0.25) is 0 Å². The second-order valence-corrected chi connectivity index (χ2v) is 6.34. The van der Waals surface area contributed by atoms with E-state index in [-0.39, 0.29) is 30.0 Å². The van der Waals surface area contributed by atoms with Crippen molar-refractivity contribution in [2.24, 2.45) is 0 Å². The SMILES string of the molecule is COCCN1C(=O)C(=O)/C(=C(\O)c2ccc(OC)cc2OC)C1c1cccnc1. The van der Waals surface area contributed by atoms with Gasteiger partial charge in [-0.2, -0.15) is 0 Å². The number of aliphatic hydroxyl groups excluding tert-OH is 1. The van der Waals surface area contributed by atoms with Crippen LogP contribution in [-0.4, -0.2) is 61.2 Å². The Kier molecular flexibility index (Phi) is 6.13. The summed E-state index contributed by atoms with van der Waals surface area (Å²) >= 11 is 0. The Morgan fingerprint density at radius 1 is 1.17 bits per heavy atom. The normalized spacial score (nSPS) is 18.2. The molecule has 1 aliphatic heterocycles. The number of hydrogen-bond acceptors (Lipinski definition) is 7. The first kappa shape index (κ1) is 20.3. The summed E-state index contributed by atoms with van der Waals surface area (Å²) in [4.78, 5) is 31.0. The number of hydrogen-bond donors (Lipinski definition) is 1. The third-order valence-electron chi connectivity index (χ3n) is 4.74. The average molecular weight is 398 g/mol. The molecule has 29 heavy (non-hydrogen) atoms. The molecule has 0 bridgehead atoms. The first-order valence-corrected chi connectivity index (χ1v) is 8.93. The Balaban J connectivity index is 2.18. The molecule has 1 unspecified atom stereocenters. The molecular weight excluding hydrogens is 376 g/mol. The summed E-state index contributed by atoms with van der Waals surface area (Å²) in [6.45, 7) is 0.437. The molecule has 1 saturated heterocycles. The molecule has 8 nitrogen and oxygen atoms in total. The molecule has 1 N–H and O–H groups in total. The quantitative estimate of drug-likeness (QED) is 0.434. The van der Waals surface area contributed by atoms with Gasteiger partial charge in [0.05, 0.1) is 38.0 Å². The molecule has 0 spiro atoms. The minimum Gasteiger partial charge on any atom is -0.507 e. The number of Topliss-reactive ketones (excluding diaryl/α,β-unsaturated/α-hetero) is 1. The Morgan fingerprint density at radius 2 is 1.97 bits per heavy atom. The number of methoxy groups -OCH3 is 3. The smallest absolute Gasteiger partial charge is 0.295 e. The highest BCUT2D eigenvalue weighted by Crippen LogP contribution is 2.41. The summed E-state index contributed by atoms with van der Waals surface area (Å²) in [7, 11) is 4.47. The molecule has 0 aliphatic carbocycles.